The molecule has 94 valence electrons. The number of nitrogens with one attached hydrogen (secondary N) is 1. The fraction of sp³-hybridized carbons (Fsp3) is 0.462. The van der Waals surface area contributed by atoms with Crippen LogP contribution in [0.1, 0.15) is 20.3 Å². The van der Waals surface area contributed by atoms with E-state index in [0.29, 0.717) is 0 Å². The van der Waals surface area contributed by atoms with Crippen LogP contribution in [0.15, 0.2) is 29.2 Å². The van der Waals surface area contributed by atoms with Crippen LogP contribution in [0.25, 0.3) is 0 Å². The predicted molar refractivity (Wildman–Crippen MR) is 72.3 cm³/mol. The van der Waals surface area contributed by atoms with Gasteiger partial charge in [-0.15, -0.1) is 11.8 Å². The van der Waals surface area contributed by atoms with Crippen LogP contribution in [0.5, 0.6) is 0 Å². The van der Waals surface area contributed by atoms with Crippen molar-refractivity contribution in [3.63, 3.8) is 0 Å². The van der Waals surface area contributed by atoms with Crippen molar-refractivity contribution in [1.29, 1.82) is 0 Å². The van der Waals surface area contributed by atoms with Gasteiger partial charge in [-0.3, -0.25) is 4.79 Å². The molecule has 4 heteroatoms. The minimum absolute atomic E-state index is 0.0956. The molecule has 0 saturated carbocycles. The molecule has 1 aromatic rings. The van der Waals surface area contributed by atoms with Crippen molar-refractivity contribution >= 4 is 23.4 Å². The van der Waals surface area contributed by atoms with Crippen LogP contribution in [0, 0.1) is 5.92 Å². The van der Waals surface area contributed by atoms with Crippen molar-refractivity contribution in [3.8, 4) is 0 Å². The Labute approximate surface area is 107 Å². The Morgan fingerprint density at radius 3 is 2.76 bits per heavy atom. The Bertz CT molecular complexity index is 379. The van der Waals surface area contributed by atoms with Crippen LogP contribution in [-0.2, 0) is 4.79 Å². The van der Waals surface area contributed by atoms with Gasteiger partial charge >= 0.3 is 0 Å². The third-order valence-electron chi connectivity index (χ3n) is 2.52. The number of carbonyl (C=O) groups is 1. The average Bonchev–Trinajstić information content (AvgIpc) is 2.28. The van der Waals surface area contributed by atoms with Crippen molar-refractivity contribution in [3.05, 3.63) is 24.3 Å². The highest BCUT2D eigenvalue weighted by atomic mass is 32.2. The van der Waals surface area contributed by atoms with Crippen LogP contribution < -0.4 is 5.32 Å². The molecule has 0 heterocycles. The van der Waals surface area contributed by atoms with E-state index in [9.17, 15) is 9.90 Å². The smallest absolute Gasteiger partial charge is 0.226 e. The quantitative estimate of drug-likeness (QED) is 0.793. The molecule has 0 aromatic heterocycles. The van der Waals surface area contributed by atoms with Gasteiger partial charge in [0, 0.05) is 10.6 Å². The maximum absolute atomic E-state index is 11.6. The number of aliphatic hydroxyl groups is 1. The first-order chi connectivity index (χ1) is 8.02. The molecule has 1 rings (SSSR count). The topological polar surface area (TPSA) is 49.3 Å². The summed E-state index contributed by atoms with van der Waals surface area (Å²) in [5, 5.41) is 12.4. The van der Waals surface area contributed by atoms with Crippen LogP contribution in [0.4, 0.5) is 5.69 Å². The molecule has 0 spiro atoms. The standard InChI is InChI=1S/C13H19NO2S/c1-9(2)12(15)8-13(16)14-10-5-4-6-11(7-10)17-3/h4-7,9,12,15H,8H2,1-3H3,(H,14,16). The summed E-state index contributed by atoms with van der Waals surface area (Å²) in [7, 11) is 0. The number of thioether (sulfide) groups is 1. The van der Waals surface area contributed by atoms with Crippen LogP contribution in [0.2, 0.25) is 0 Å². The first-order valence-electron chi connectivity index (χ1n) is 5.65. The van der Waals surface area contributed by atoms with Gasteiger partial charge in [0.1, 0.15) is 0 Å². The van der Waals surface area contributed by atoms with E-state index in [1.54, 1.807) is 11.8 Å². The van der Waals surface area contributed by atoms with Gasteiger partial charge in [-0.25, -0.2) is 0 Å². The average molecular weight is 253 g/mol. The number of anilines is 1. The van der Waals surface area contributed by atoms with Gasteiger partial charge in [-0.05, 0) is 30.4 Å². The fourth-order valence-corrected chi connectivity index (χ4v) is 1.80. The SMILES string of the molecule is CSc1cccc(NC(=O)CC(O)C(C)C)c1. The van der Waals surface area contributed by atoms with Crippen LogP contribution >= 0.6 is 11.8 Å². The predicted octanol–water partition coefficient (Wildman–Crippen LogP) is 2.75. The van der Waals surface area contributed by atoms with E-state index < -0.39 is 6.10 Å². The number of carbonyl (C=O) groups excluding carboxylic acids is 1. The zero-order chi connectivity index (χ0) is 12.8. The molecule has 1 amide bonds. The molecule has 1 atom stereocenters. The third kappa shape index (κ3) is 4.79. The Morgan fingerprint density at radius 1 is 1.47 bits per heavy atom. The molecule has 0 aliphatic heterocycles. The summed E-state index contributed by atoms with van der Waals surface area (Å²) in [5.41, 5.74) is 0.776. The van der Waals surface area contributed by atoms with E-state index in [2.05, 4.69) is 5.32 Å². The maximum atomic E-state index is 11.6. The first-order valence-corrected chi connectivity index (χ1v) is 6.87. The Kier molecular flexibility index (Phi) is 5.51. The van der Waals surface area contributed by atoms with Gasteiger partial charge in [-0.1, -0.05) is 19.9 Å². The third-order valence-corrected chi connectivity index (χ3v) is 3.24. The van der Waals surface area contributed by atoms with Gasteiger partial charge in [0.2, 0.25) is 5.91 Å². The lowest BCUT2D eigenvalue weighted by Gasteiger charge is -2.14. The van der Waals surface area contributed by atoms with Crippen molar-refractivity contribution in [2.45, 2.75) is 31.3 Å². The zero-order valence-corrected chi connectivity index (χ0v) is 11.3. The number of aliphatic hydroxyl groups excluding tert-OH is 1. The number of amides is 1. The highest BCUT2D eigenvalue weighted by molar-refractivity contribution is 7.98. The number of hydrogen-bond acceptors (Lipinski definition) is 3. The second-order valence-corrected chi connectivity index (χ2v) is 5.18. The van der Waals surface area contributed by atoms with Crippen LogP contribution in [-0.4, -0.2) is 23.4 Å². The minimum atomic E-state index is -0.585. The van der Waals surface area contributed by atoms with Crippen LogP contribution in [0.3, 0.4) is 0 Å². The summed E-state index contributed by atoms with van der Waals surface area (Å²) in [6.45, 7) is 3.79. The molecular weight excluding hydrogens is 234 g/mol. The summed E-state index contributed by atoms with van der Waals surface area (Å²) in [4.78, 5) is 12.8. The second-order valence-electron chi connectivity index (χ2n) is 4.30. The monoisotopic (exact) mass is 253 g/mol. The molecule has 1 unspecified atom stereocenters. The zero-order valence-electron chi connectivity index (χ0n) is 10.4. The summed E-state index contributed by atoms with van der Waals surface area (Å²) in [6.07, 6.45) is 1.55. The van der Waals surface area contributed by atoms with Crippen molar-refractivity contribution < 1.29 is 9.90 Å². The Morgan fingerprint density at radius 2 is 2.18 bits per heavy atom. The van der Waals surface area contributed by atoms with E-state index in [1.165, 1.54) is 0 Å². The van der Waals surface area contributed by atoms with Crippen molar-refractivity contribution in [2.24, 2.45) is 5.92 Å². The molecule has 17 heavy (non-hydrogen) atoms. The van der Waals surface area contributed by atoms with Crippen molar-refractivity contribution in [1.82, 2.24) is 0 Å². The van der Waals surface area contributed by atoms with Gasteiger partial charge < -0.3 is 10.4 Å². The van der Waals surface area contributed by atoms with E-state index in [0.717, 1.165) is 10.6 Å². The van der Waals surface area contributed by atoms with Gasteiger partial charge in [-0.2, -0.15) is 0 Å². The maximum Gasteiger partial charge on any atom is 0.226 e. The lowest BCUT2D eigenvalue weighted by Crippen LogP contribution is -2.23. The summed E-state index contributed by atoms with van der Waals surface area (Å²) in [6, 6.07) is 7.66. The van der Waals surface area contributed by atoms with Gasteiger partial charge in [0.05, 0.1) is 12.5 Å². The number of benzene rings is 1. The van der Waals surface area contributed by atoms with E-state index in [-0.39, 0.29) is 18.2 Å². The normalized spacial score (nSPS) is 12.5. The molecule has 0 aliphatic rings. The molecule has 0 saturated heterocycles. The van der Waals surface area contributed by atoms with E-state index in [1.807, 2.05) is 44.4 Å². The molecular formula is C13H19NO2S. The molecule has 0 aliphatic carbocycles. The lowest BCUT2D eigenvalue weighted by molar-refractivity contribution is -0.118. The fourth-order valence-electron chi connectivity index (χ4n) is 1.34. The summed E-state index contributed by atoms with van der Waals surface area (Å²) in [5.74, 6) is -0.0530. The number of hydrogen-bond donors (Lipinski definition) is 2. The largest absolute Gasteiger partial charge is 0.392 e. The Balaban J connectivity index is 2.55. The van der Waals surface area contributed by atoms with E-state index in [4.69, 9.17) is 0 Å². The second kappa shape index (κ2) is 6.67. The molecule has 1 aromatic carbocycles. The highest BCUT2D eigenvalue weighted by Gasteiger charge is 2.14. The minimum Gasteiger partial charge on any atom is -0.392 e. The lowest BCUT2D eigenvalue weighted by atomic mass is 10.0. The van der Waals surface area contributed by atoms with Crippen molar-refractivity contribution in [2.75, 3.05) is 11.6 Å². The molecule has 3 nitrogen and oxygen atoms in total. The molecule has 2 N–H and O–H groups in total. The Hall–Kier alpha value is -1.00. The summed E-state index contributed by atoms with van der Waals surface area (Å²) >= 11 is 1.63. The van der Waals surface area contributed by atoms with E-state index >= 15 is 0 Å². The van der Waals surface area contributed by atoms with Gasteiger partial charge in [0.25, 0.3) is 0 Å². The van der Waals surface area contributed by atoms with Gasteiger partial charge in [0.15, 0.2) is 0 Å². The highest BCUT2D eigenvalue weighted by Crippen LogP contribution is 2.19. The molecule has 0 fully saturated rings. The molecule has 0 radical (unpaired) electrons. The first kappa shape index (κ1) is 14.1. The molecule has 0 bridgehead atoms. The summed E-state index contributed by atoms with van der Waals surface area (Å²) < 4.78 is 0. The number of rotatable bonds is 5.